The Labute approximate surface area is 209 Å². The Morgan fingerprint density at radius 3 is 2.33 bits per heavy atom. The molecule has 5 nitrogen and oxygen atoms in total. The molecular weight excluding hydrogens is 451 g/mol. The average molecular weight is 477 g/mol. The van der Waals surface area contributed by atoms with E-state index in [-0.39, 0.29) is 11.7 Å². The molecule has 2 aromatic heterocycles. The molecule has 1 amide bonds. The number of aromatic nitrogens is 3. The summed E-state index contributed by atoms with van der Waals surface area (Å²) >= 11 is 0. The summed E-state index contributed by atoms with van der Waals surface area (Å²) in [5.74, 6) is -0.486. The lowest BCUT2D eigenvalue weighted by atomic mass is 10.1. The summed E-state index contributed by atoms with van der Waals surface area (Å²) < 4.78 is 15.1. The molecule has 0 unspecified atom stereocenters. The van der Waals surface area contributed by atoms with Crippen LogP contribution in [0, 0.1) is 5.82 Å². The fourth-order valence-electron chi connectivity index (χ4n) is 4.16. The molecule has 0 radical (unpaired) electrons. The van der Waals surface area contributed by atoms with Crippen molar-refractivity contribution in [1.82, 2.24) is 14.8 Å². The molecule has 178 valence electrons. The van der Waals surface area contributed by atoms with Crippen molar-refractivity contribution in [3.05, 3.63) is 120 Å². The molecule has 0 fully saturated rings. The van der Waals surface area contributed by atoms with Gasteiger partial charge >= 0.3 is 0 Å². The number of halogens is 1. The van der Waals surface area contributed by atoms with Gasteiger partial charge in [-0.1, -0.05) is 49.7 Å². The number of para-hydroxylation sites is 1. The molecule has 5 rings (SSSR count). The Kier molecular flexibility index (Phi) is 6.67. The fraction of sp³-hybridized carbons (Fsp3) is 0.100. The van der Waals surface area contributed by atoms with Crippen molar-refractivity contribution in [2.24, 2.45) is 0 Å². The second-order valence-corrected chi connectivity index (χ2v) is 8.45. The number of nitrogens with one attached hydrogen (secondary N) is 1. The Hall–Kier alpha value is -4.58. The molecule has 0 spiro atoms. The first-order valence-corrected chi connectivity index (χ1v) is 11.9. The number of benzene rings is 3. The quantitative estimate of drug-likeness (QED) is 0.277. The highest BCUT2D eigenvalue weighted by Gasteiger charge is 2.18. The first-order chi connectivity index (χ1) is 17.6. The summed E-state index contributed by atoms with van der Waals surface area (Å²) in [6.07, 6.45) is 3.26. The molecule has 1 N–H and O–H groups in total. The van der Waals surface area contributed by atoms with Crippen LogP contribution in [0.25, 0.3) is 28.2 Å². The van der Waals surface area contributed by atoms with Crippen LogP contribution in [0.5, 0.6) is 0 Å². The number of amides is 1. The van der Waals surface area contributed by atoms with Crippen LogP contribution in [0.4, 0.5) is 10.1 Å². The van der Waals surface area contributed by atoms with Gasteiger partial charge in [0.1, 0.15) is 5.82 Å². The minimum atomic E-state index is -0.283. The monoisotopic (exact) mass is 476 g/mol. The molecular formula is C30H25FN4O. The number of pyridine rings is 1. The van der Waals surface area contributed by atoms with Crippen molar-refractivity contribution in [1.29, 1.82) is 0 Å². The lowest BCUT2D eigenvalue weighted by Gasteiger charge is -2.11. The van der Waals surface area contributed by atoms with Crippen molar-refractivity contribution >= 4 is 11.6 Å². The molecule has 0 aliphatic heterocycles. The topological polar surface area (TPSA) is 59.8 Å². The molecule has 0 bridgehead atoms. The first-order valence-electron chi connectivity index (χ1n) is 11.9. The van der Waals surface area contributed by atoms with E-state index in [4.69, 9.17) is 4.98 Å². The molecule has 6 heteroatoms. The standard InChI is InChI=1S/C30H25FN4O/c1-2-8-29-26(20-32-35(29)25-11-4-3-5-12-25)30(36)33-24-10-6-9-22(19-24)28-14-7-13-27(34-28)21-15-17-23(31)18-16-21/h3-7,9-20H,2,8H2,1H3,(H,33,36). The van der Waals surface area contributed by atoms with E-state index in [9.17, 15) is 9.18 Å². The van der Waals surface area contributed by atoms with Gasteiger partial charge in [0.15, 0.2) is 0 Å². The molecule has 0 saturated carbocycles. The minimum Gasteiger partial charge on any atom is -0.322 e. The Bertz CT molecular complexity index is 1490. The van der Waals surface area contributed by atoms with E-state index in [1.54, 1.807) is 18.3 Å². The van der Waals surface area contributed by atoms with Gasteiger partial charge in [-0.15, -0.1) is 0 Å². The third-order valence-corrected chi connectivity index (χ3v) is 5.91. The molecule has 0 aliphatic carbocycles. The van der Waals surface area contributed by atoms with E-state index in [0.29, 0.717) is 11.3 Å². The maximum atomic E-state index is 13.3. The van der Waals surface area contributed by atoms with Gasteiger partial charge in [0, 0.05) is 16.8 Å². The summed E-state index contributed by atoms with van der Waals surface area (Å²) in [6, 6.07) is 29.4. The first kappa shape index (κ1) is 23.2. The molecule has 3 aromatic carbocycles. The van der Waals surface area contributed by atoms with Crippen LogP contribution in [0.2, 0.25) is 0 Å². The van der Waals surface area contributed by atoms with Crippen LogP contribution in [0.15, 0.2) is 103 Å². The summed E-state index contributed by atoms with van der Waals surface area (Å²) in [5, 5.41) is 7.52. The van der Waals surface area contributed by atoms with Crippen LogP contribution in [-0.4, -0.2) is 20.7 Å². The number of carbonyl (C=O) groups excluding carboxylic acids is 1. The lowest BCUT2D eigenvalue weighted by molar-refractivity contribution is 0.102. The van der Waals surface area contributed by atoms with Gasteiger partial charge in [0.05, 0.1) is 34.5 Å². The third kappa shape index (κ3) is 4.93. The zero-order valence-corrected chi connectivity index (χ0v) is 19.9. The van der Waals surface area contributed by atoms with Crippen LogP contribution >= 0.6 is 0 Å². The highest BCUT2D eigenvalue weighted by Crippen LogP contribution is 2.26. The number of rotatable bonds is 7. The van der Waals surface area contributed by atoms with Gasteiger partial charge in [-0.05, 0) is 67.1 Å². The van der Waals surface area contributed by atoms with Crippen molar-refractivity contribution in [2.45, 2.75) is 19.8 Å². The van der Waals surface area contributed by atoms with Gasteiger partial charge < -0.3 is 5.32 Å². The molecule has 0 aliphatic rings. The summed E-state index contributed by atoms with van der Waals surface area (Å²) in [7, 11) is 0. The molecule has 5 aromatic rings. The lowest BCUT2D eigenvalue weighted by Crippen LogP contribution is -2.14. The van der Waals surface area contributed by atoms with Crippen LogP contribution < -0.4 is 5.32 Å². The maximum absolute atomic E-state index is 13.3. The zero-order chi connectivity index (χ0) is 24.9. The fourth-order valence-corrected chi connectivity index (χ4v) is 4.16. The predicted molar refractivity (Wildman–Crippen MR) is 141 cm³/mol. The Morgan fingerprint density at radius 1 is 0.861 bits per heavy atom. The van der Waals surface area contributed by atoms with E-state index in [2.05, 4.69) is 17.3 Å². The number of hydrogen-bond donors (Lipinski definition) is 1. The predicted octanol–water partition coefficient (Wildman–Crippen LogP) is 6.95. The van der Waals surface area contributed by atoms with E-state index < -0.39 is 0 Å². The van der Waals surface area contributed by atoms with Crippen molar-refractivity contribution in [2.75, 3.05) is 5.32 Å². The molecule has 36 heavy (non-hydrogen) atoms. The van der Waals surface area contributed by atoms with E-state index in [1.165, 1.54) is 12.1 Å². The van der Waals surface area contributed by atoms with Gasteiger partial charge in [0.25, 0.3) is 5.91 Å². The SMILES string of the molecule is CCCc1c(C(=O)Nc2cccc(-c3cccc(-c4ccc(F)cc4)n3)c2)cnn1-c1ccccc1. The highest BCUT2D eigenvalue weighted by atomic mass is 19.1. The minimum absolute atomic E-state index is 0.203. The van der Waals surface area contributed by atoms with Crippen LogP contribution in [0.3, 0.4) is 0 Å². The number of nitrogens with zero attached hydrogens (tertiary/aromatic N) is 3. The maximum Gasteiger partial charge on any atom is 0.259 e. The number of anilines is 1. The van der Waals surface area contributed by atoms with Gasteiger partial charge in [-0.2, -0.15) is 5.10 Å². The van der Waals surface area contributed by atoms with Crippen molar-refractivity contribution in [3.63, 3.8) is 0 Å². The van der Waals surface area contributed by atoms with Gasteiger partial charge in [0.2, 0.25) is 0 Å². The Morgan fingerprint density at radius 2 is 1.58 bits per heavy atom. The van der Waals surface area contributed by atoms with E-state index in [0.717, 1.165) is 46.7 Å². The summed E-state index contributed by atoms with van der Waals surface area (Å²) in [4.78, 5) is 18.0. The van der Waals surface area contributed by atoms with Gasteiger partial charge in [-0.3, -0.25) is 4.79 Å². The molecule has 0 atom stereocenters. The highest BCUT2D eigenvalue weighted by molar-refractivity contribution is 6.05. The zero-order valence-electron chi connectivity index (χ0n) is 19.9. The summed E-state index contributed by atoms with van der Waals surface area (Å²) in [6.45, 7) is 2.08. The largest absolute Gasteiger partial charge is 0.322 e. The smallest absolute Gasteiger partial charge is 0.259 e. The molecule has 2 heterocycles. The average Bonchev–Trinajstić information content (AvgIpc) is 3.34. The third-order valence-electron chi connectivity index (χ3n) is 5.91. The van der Waals surface area contributed by atoms with Crippen molar-refractivity contribution in [3.8, 4) is 28.2 Å². The number of hydrogen-bond acceptors (Lipinski definition) is 3. The summed E-state index contributed by atoms with van der Waals surface area (Å²) in [5.41, 5.74) is 6.24. The van der Waals surface area contributed by atoms with E-state index >= 15 is 0 Å². The van der Waals surface area contributed by atoms with E-state index in [1.807, 2.05) is 77.5 Å². The van der Waals surface area contributed by atoms with Crippen LogP contribution in [-0.2, 0) is 6.42 Å². The number of carbonyl (C=O) groups is 1. The second-order valence-electron chi connectivity index (χ2n) is 8.45. The molecule has 0 saturated heterocycles. The second kappa shape index (κ2) is 10.4. The Balaban J connectivity index is 1.40. The van der Waals surface area contributed by atoms with Crippen LogP contribution in [0.1, 0.15) is 29.4 Å². The van der Waals surface area contributed by atoms with Gasteiger partial charge in [-0.25, -0.2) is 14.1 Å². The van der Waals surface area contributed by atoms with Crippen molar-refractivity contribution < 1.29 is 9.18 Å². The normalized spacial score (nSPS) is 10.8.